The summed E-state index contributed by atoms with van der Waals surface area (Å²) in [5.74, 6) is -0.501. The van der Waals surface area contributed by atoms with Gasteiger partial charge in [0.15, 0.2) is 0 Å². The van der Waals surface area contributed by atoms with Crippen LogP contribution in [0, 0.1) is 6.92 Å². The Balaban J connectivity index is 1.65. The third kappa shape index (κ3) is 5.01. The van der Waals surface area contributed by atoms with Gasteiger partial charge in [-0.3, -0.25) is 19.6 Å². The molecule has 0 aliphatic heterocycles. The van der Waals surface area contributed by atoms with Crippen LogP contribution in [0.25, 0.3) is 0 Å². The minimum atomic E-state index is -0.349. The van der Waals surface area contributed by atoms with E-state index >= 15 is 0 Å². The highest BCUT2D eigenvalue weighted by Gasteiger charge is 2.15. The topological polar surface area (TPSA) is 75.2 Å². The Kier molecular flexibility index (Phi) is 6.11. The molecular formula is C22H22N4O2. The van der Waals surface area contributed by atoms with E-state index in [2.05, 4.69) is 15.3 Å². The van der Waals surface area contributed by atoms with Crippen LogP contribution in [0.3, 0.4) is 0 Å². The molecule has 28 heavy (non-hydrogen) atoms. The molecule has 0 unspecified atom stereocenters. The number of anilines is 1. The summed E-state index contributed by atoms with van der Waals surface area (Å²) in [7, 11) is 1.75. The lowest BCUT2D eigenvalue weighted by molar-refractivity contribution is 0.0796. The van der Waals surface area contributed by atoms with Gasteiger partial charge in [-0.25, -0.2) is 0 Å². The van der Waals surface area contributed by atoms with Gasteiger partial charge >= 0.3 is 0 Å². The van der Waals surface area contributed by atoms with Crippen LogP contribution < -0.4 is 5.32 Å². The van der Waals surface area contributed by atoms with Gasteiger partial charge in [0.1, 0.15) is 5.69 Å². The van der Waals surface area contributed by atoms with Crippen LogP contribution in [0.5, 0.6) is 0 Å². The molecule has 6 heteroatoms. The number of aryl methyl sites for hydroxylation is 1. The van der Waals surface area contributed by atoms with E-state index in [-0.39, 0.29) is 17.5 Å². The zero-order chi connectivity index (χ0) is 19.9. The molecule has 2 aromatic heterocycles. The smallest absolute Gasteiger partial charge is 0.274 e. The maximum atomic E-state index is 12.7. The summed E-state index contributed by atoms with van der Waals surface area (Å²) in [4.78, 5) is 34.9. The van der Waals surface area contributed by atoms with Gasteiger partial charge in [-0.1, -0.05) is 17.7 Å². The molecule has 0 fully saturated rings. The van der Waals surface area contributed by atoms with Gasteiger partial charge in [0.25, 0.3) is 11.8 Å². The van der Waals surface area contributed by atoms with Crippen LogP contribution in [-0.4, -0.2) is 40.3 Å². The Morgan fingerprint density at radius 1 is 1.00 bits per heavy atom. The minimum Gasteiger partial charge on any atom is -0.341 e. The van der Waals surface area contributed by atoms with Gasteiger partial charge < -0.3 is 10.2 Å². The van der Waals surface area contributed by atoms with E-state index < -0.39 is 0 Å². The first-order valence-electron chi connectivity index (χ1n) is 9.01. The fourth-order valence-electron chi connectivity index (χ4n) is 2.69. The summed E-state index contributed by atoms with van der Waals surface area (Å²) in [5.41, 5.74) is 3.54. The summed E-state index contributed by atoms with van der Waals surface area (Å²) in [6, 6.07) is 14.5. The second-order valence-corrected chi connectivity index (χ2v) is 6.58. The van der Waals surface area contributed by atoms with Crippen LogP contribution in [0.1, 0.15) is 32.0 Å². The molecule has 3 aromatic rings. The van der Waals surface area contributed by atoms with Gasteiger partial charge in [0, 0.05) is 43.4 Å². The molecule has 3 rings (SSSR count). The van der Waals surface area contributed by atoms with Crippen molar-refractivity contribution in [1.29, 1.82) is 0 Å². The summed E-state index contributed by atoms with van der Waals surface area (Å²) in [6.07, 6.45) is 5.68. The number of nitrogens with zero attached hydrogens (tertiary/aromatic N) is 3. The normalized spacial score (nSPS) is 10.4. The molecule has 0 bridgehead atoms. The van der Waals surface area contributed by atoms with Crippen molar-refractivity contribution in [2.75, 3.05) is 18.9 Å². The molecule has 1 N–H and O–H groups in total. The van der Waals surface area contributed by atoms with Crippen LogP contribution in [0.15, 0.2) is 67.1 Å². The number of likely N-dealkylation sites (N-methyl/N-ethyl adjacent to an activating group) is 1. The van der Waals surface area contributed by atoms with Gasteiger partial charge in [0.05, 0.1) is 0 Å². The minimum absolute atomic E-state index is 0.152. The standard InChI is InChI=1S/C22H22N4O2/c1-16-3-5-19(6-4-16)25-21(27)20-15-18(9-13-24-20)22(28)26(2)14-10-17-7-11-23-12-8-17/h3-9,11-13,15H,10,14H2,1-2H3,(H,25,27). The quantitative estimate of drug-likeness (QED) is 0.718. The lowest BCUT2D eigenvalue weighted by Crippen LogP contribution is -2.29. The van der Waals surface area contributed by atoms with E-state index in [9.17, 15) is 9.59 Å². The van der Waals surface area contributed by atoms with Gasteiger partial charge in [0.2, 0.25) is 0 Å². The fraction of sp³-hybridized carbons (Fsp3) is 0.182. The summed E-state index contributed by atoms with van der Waals surface area (Å²) in [5, 5.41) is 2.80. The van der Waals surface area contributed by atoms with E-state index in [1.807, 2.05) is 43.3 Å². The number of carbonyl (C=O) groups is 2. The van der Waals surface area contributed by atoms with Crippen molar-refractivity contribution in [3.05, 3.63) is 89.5 Å². The van der Waals surface area contributed by atoms with Gasteiger partial charge in [-0.15, -0.1) is 0 Å². The largest absolute Gasteiger partial charge is 0.341 e. The number of benzene rings is 1. The Morgan fingerprint density at radius 3 is 2.43 bits per heavy atom. The average molecular weight is 374 g/mol. The molecule has 0 saturated carbocycles. The molecule has 0 aliphatic carbocycles. The van der Waals surface area contributed by atoms with E-state index in [0.717, 1.165) is 17.5 Å². The molecule has 1 aromatic carbocycles. The molecular weight excluding hydrogens is 352 g/mol. The second kappa shape index (κ2) is 8.90. The zero-order valence-corrected chi connectivity index (χ0v) is 15.9. The molecule has 0 aliphatic rings. The highest BCUT2D eigenvalue weighted by molar-refractivity contribution is 6.04. The van der Waals surface area contributed by atoms with E-state index in [4.69, 9.17) is 0 Å². The summed E-state index contributed by atoms with van der Waals surface area (Å²) < 4.78 is 0. The van der Waals surface area contributed by atoms with Crippen LogP contribution in [0.4, 0.5) is 5.69 Å². The van der Waals surface area contributed by atoms with Crippen molar-refractivity contribution in [2.24, 2.45) is 0 Å². The van der Waals surface area contributed by atoms with E-state index in [1.165, 1.54) is 12.3 Å². The molecule has 142 valence electrons. The van der Waals surface area contributed by atoms with Crippen molar-refractivity contribution in [1.82, 2.24) is 14.9 Å². The Morgan fingerprint density at radius 2 is 1.71 bits per heavy atom. The summed E-state index contributed by atoms with van der Waals surface area (Å²) in [6.45, 7) is 2.55. The number of amides is 2. The van der Waals surface area contributed by atoms with Crippen LogP contribution in [0.2, 0.25) is 0 Å². The number of hydrogen-bond acceptors (Lipinski definition) is 4. The number of nitrogens with one attached hydrogen (secondary N) is 1. The SMILES string of the molecule is Cc1ccc(NC(=O)c2cc(C(=O)N(C)CCc3ccncc3)ccn2)cc1. The highest BCUT2D eigenvalue weighted by atomic mass is 16.2. The lowest BCUT2D eigenvalue weighted by atomic mass is 10.1. The second-order valence-electron chi connectivity index (χ2n) is 6.58. The predicted octanol–water partition coefficient (Wildman–Crippen LogP) is 3.35. The molecule has 0 saturated heterocycles. The van der Waals surface area contributed by atoms with E-state index in [1.54, 1.807) is 30.4 Å². The molecule has 0 spiro atoms. The van der Waals surface area contributed by atoms with Gasteiger partial charge in [-0.2, -0.15) is 0 Å². The maximum Gasteiger partial charge on any atom is 0.274 e. The Bertz CT molecular complexity index is 956. The molecule has 6 nitrogen and oxygen atoms in total. The Labute approximate surface area is 164 Å². The van der Waals surface area contributed by atoms with Crippen molar-refractivity contribution >= 4 is 17.5 Å². The fourth-order valence-corrected chi connectivity index (χ4v) is 2.69. The Hall–Kier alpha value is -3.54. The number of rotatable bonds is 6. The number of aromatic nitrogens is 2. The van der Waals surface area contributed by atoms with Crippen molar-refractivity contribution < 1.29 is 9.59 Å². The third-order valence-corrected chi connectivity index (χ3v) is 4.38. The third-order valence-electron chi connectivity index (χ3n) is 4.38. The highest BCUT2D eigenvalue weighted by Crippen LogP contribution is 2.12. The van der Waals surface area contributed by atoms with Crippen LogP contribution >= 0.6 is 0 Å². The first-order valence-corrected chi connectivity index (χ1v) is 9.01. The number of hydrogen-bond donors (Lipinski definition) is 1. The predicted molar refractivity (Wildman–Crippen MR) is 108 cm³/mol. The van der Waals surface area contributed by atoms with Crippen molar-refractivity contribution in [2.45, 2.75) is 13.3 Å². The molecule has 0 atom stereocenters. The first-order chi connectivity index (χ1) is 13.5. The van der Waals surface area contributed by atoms with E-state index in [0.29, 0.717) is 17.8 Å². The van der Waals surface area contributed by atoms with Gasteiger partial charge in [-0.05, 0) is 55.3 Å². The maximum absolute atomic E-state index is 12.7. The molecule has 0 radical (unpaired) electrons. The average Bonchev–Trinajstić information content (AvgIpc) is 2.74. The van der Waals surface area contributed by atoms with Crippen LogP contribution in [-0.2, 0) is 6.42 Å². The van der Waals surface area contributed by atoms with Crippen molar-refractivity contribution in [3.8, 4) is 0 Å². The first kappa shape index (κ1) is 19.2. The zero-order valence-electron chi connectivity index (χ0n) is 15.9. The summed E-state index contributed by atoms with van der Waals surface area (Å²) >= 11 is 0. The molecule has 2 heterocycles. The van der Waals surface area contributed by atoms with Crippen molar-refractivity contribution in [3.63, 3.8) is 0 Å². The number of carbonyl (C=O) groups excluding carboxylic acids is 2. The monoisotopic (exact) mass is 374 g/mol. The lowest BCUT2D eigenvalue weighted by Gasteiger charge is -2.17. The molecule has 2 amide bonds. The number of pyridine rings is 2.